The van der Waals surface area contributed by atoms with E-state index < -0.39 is 0 Å². The van der Waals surface area contributed by atoms with E-state index in [1.165, 1.54) is 17.4 Å². The van der Waals surface area contributed by atoms with E-state index in [1.54, 1.807) is 12.1 Å². The molecule has 2 aromatic rings. The Bertz CT molecular complexity index is 635. The number of nitrogens with zero attached hydrogens (tertiary/aromatic N) is 1. The molecule has 4 heteroatoms. The van der Waals surface area contributed by atoms with Crippen molar-refractivity contribution in [3.05, 3.63) is 65.5 Å². The first kappa shape index (κ1) is 16.5. The van der Waals surface area contributed by atoms with Gasteiger partial charge >= 0.3 is 0 Å². The second-order valence-electron chi connectivity index (χ2n) is 6.10. The topological polar surface area (TPSA) is 23.5 Å². The Hall–Kier alpha value is -1.36. The van der Waals surface area contributed by atoms with Crippen LogP contribution in [-0.2, 0) is 13.2 Å². The van der Waals surface area contributed by atoms with Gasteiger partial charge in [0.05, 0.1) is 6.61 Å². The number of likely N-dealkylation sites (tertiary alicyclic amines) is 1. The molecule has 1 atom stereocenters. The molecule has 0 bridgehead atoms. The number of benzene rings is 2. The Morgan fingerprint density at radius 2 is 2.00 bits per heavy atom. The van der Waals surface area contributed by atoms with Gasteiger partial charge in [0.2, 0.25) is 0 Å². The van der Waals surface area contributed by atoms with Gasteiger partial charge in [-0.3, -0.25) is 4.90 Å². The fourth-order valence-corrected chi connectivity index (χ4v) is 4.06. The third-order valence-electron chi connectivity index (χ3n) is 4.29. The van der Waals surface area contributed by atoms with Crippen LogP contribution in [0.1, 0.15) is 17.5 Å². The van der Waals surface area contributed by atoms with Crippen molar-refractivity contribution in [2.24, 2.45) is 5.92 Å². The summed E-state index contributed by atoms with van der Waals surface area (Å²) in [5.41, 5.74) is 1.46. The Balaban J connectivity index is 1.52. The van der Waals surface area contributed by atoms with Crippen molar-refractivity contribution in [3.63, 3.8) is 0 Å². The smallest absolute Gasteiger partial charge is 0.127 e. The van der Waals surface area contributed by atoms with Crippen LogP contribution in [0.15, 0.2) is 53.4 Å². The maximum Gasteiger partial charge on any atom is 0.127 e. The summed E-state index contributed by atoms with van der Waals surface area (Å²) in [6.07, 6.45) is 1.17. The van der Waals surface area contributed by atoms with Gasteiger partial charge in [0.15, 0.2) is 0 Å². The van der Waals surface area contributed by atoms with Crippen LogP contribution >= 0.6 is 11.8 Å². The van der Waals surface area contributed by atoms with E-state index in [-0.39, 0.29) is 12.4 Å². The molecule has 3 rings (SSSR count). The maximum absolute atomic E-state index is 13.9. The second kappa shape index (κ2) is 7.95. The summed E-state index contributed by atoms with van der Waals surface area (Å²) in [7, 11) is 0. The summed E-state index contributed by atoms with van der Waals surface area (Å²) in [5.74, 6) is 1.59. The lowest BCUT2D eigenvalue weighted by Crippen LogP contribution is -2.21. The first-order valence-corrected chi connectivity index (χ1v) is 9.01. The average Bonchev–Trinajstić information content (AvgIpc) is 3.03. The molecule has 1 aliphatic heterocycles. The minimum Gasteiger partial charge on any atom is -0.392 e. The number of hydrogen-bond donors (Lipinski definition) is 1. The van der Waals surface area contributed by atoms with Gasteiger partial charge in [0, 0.05) is 29.3 Å². The van der Waals surface area contributed by atoms with Crippen LogP contribution in [0.25, 0.3) is 0 Å². The zero-order valence-corrected chi connectivity index (χ0v) is 13.9. The van der Waals surface area contributed by atoms with Gasteiger partial charge in [0.1, 0.15) is 5.82 Å². The second-order valence-corrected chi connectivity index (χ2v) is 7.19. The fourth-order valence-electron chi connectivity index (χ4n) is 3.01. The Labute approximate surface area is 141 Å². The van der Waals surface area contributed by atoms with E-state index in [9.17, 15) is 9.50 Å². The van der Waals surface area contributed by atoms with Crippen LogP contribution in [0.5, 0.6) is 0 Å². The highest BCUT2D eigenvalue weighted by molar-refractivity contribution is 7.99. The molecule has 1 fully saturated rings. The van der Waals surface area contributed by atoms with Crippen LogP contribution < -0.4 is 0 Å². The van der Waals surface area contributed by atoms with Crippen molar-refractivity contribution in [2.45, 2.75) is 24.5 Å². The lowest BCUT2D eigenvalue weighted by atomic mass is 10.1. The van der Waals surface area contributed by atoms with Crippen molar-refractivity contribution in [1.82, 2.24) is 4.90 Å². The van der Waals surface area contributed by atoms with E-state index in [1.807, 2.05) is 17.8 Å². The van der Waals surface area contributed by atoms with E-state index >= 15 is 0 Å². The largest absolute Gasteiger partial charge is 0.392 e. The predicted octanol–water partition coefficient (Wildman–Crippen LogP) is 3.93. The maximum atomic E-state index is 13.9. The molecule has 1 aliphatic rings. The number of hydrogen-bond acceptors (Lipinski definition) is 3. The Kier molecular flexibility index (Phi) is 5.70. The number of aliphatic hydroxyl groups is 1. The van der Waals surface area contributed by atoms with Gasteiger partial charge in [-0.1, -0.05) is 24.3 Å². The molecule has 1 heterocycles. The molecule has 1 saturated heterocycles. The van der Waals surface area contributed by atoms with Crippen molar-refractivity contribution in [1.29, 1.82) is 0 Å². The van der Waals surface area contributed by atoms with Crippen LogP contribution in [0.3, 0.4) is 0 Å². The van der Waals surface area contributed by atoms with E-state index in [4.69, 9.17) is 0 Å². The molecule has 0 aromatic heterocycles. The van der Waals surface area contributed by atoms with Crippen LogP contribution in [0, 0.1) is 11.7 Å². The molecular weight excluding hydrogens is 309 g/mol. The normalized spacial score (nSPS) is 18.4. The van der Waals surface area contributed by atoms with E-state index in [2.05, 4.69) is 29.2 Å². The lowest BCUT2D eigenvalue weighted by Gasteiger charge is -2.17. The highest BCUT2D eigenvalue weighted by Crippen LogP contribution is 2.27. The molecule has 122 valence electrons. The third-order valence-corrected chi connectivity index (χ3v) is 5.53. The summed E-state index contributed by atoms with van der Waals surface area (Å²) < 4.78 is 13.9. The number of rotatable bonds is 6. The van der Waals surface area contributed by atoms with Crippen LogP contribution in [-0.4, -0.2) is 28.8 Å². The first-order chi connectivity index (χ1) is 11.2. The Morgan fingerprint density at radius 1 is 1.17 bits per heavy atom. The predicted molar refractivity (Wildman–Crippen MR) is 92.9 cm³/mol. The zero-order valence-electron chi connectivity index (χ0n) is 13.1. The standard InChI is InChI=1S/C19H22FNOS/c20-19-7-6-15(13-22)10-17(19)12-21-9-8-16(11-21)14-23-18-4-2-1-3-5-18/h1-7,10,16,22H,8-9,11-14H2. The molecule has 23 heavy (non-hydrogen) atoms. The number of thioether (sulfide) groups is 1. The van der Waals surface area contributed by atoms with Crippen LogP contribution in [0.4, 0.5) is 4.39 Å². The first-order valence-electron chi connectivity index (χ1n) is 8.03. The summed E-state index contributed by atoms with van der Waals surface area (Å²) in [4.78, 5) is 3.63. The molecule has 1 N–H and O–H groups in total. The Morgan fingerprint density at radius 3 is 2.78 bits per heavy atom. The highest BCUT2D eigenvalue weighted by atomic mass is 32.2. The van der Waals surface area contributed by atoms with E-state index in [0.717, 1.165) is 24.4 Å². The van der Waals surface area contributed by atoms with Gasteiger partial charge in [-0.25, -0.2) is 4.39 Å². The minimum atomic E-state index is -0.177. The molecule has 2 nitrogen and oxygen atoms in total. The molecule has 0 amide bonds. The van der Waals surface area contributed by atoms with Crippen molar-refractivity contribution in [3.8, 4) is 0 Å². The lowest BCUT2D eigenvalue weighted by molar-refractivity contribution is 0.280. The summed E-state index contributed by atoms with van der Waals surface area (Å²) in [6, 6.07) is 15.3. The van der Waals surface area contributed by atoms with Gasteiger partial charge < -0.3 is 5.11 Å². The summed E-state index contributed by atoms with van der Waals surface area (Å²) >= 11 is 1.90. The SMILES string of the molecule is OCc1ccc(F)c(CN2CCC(CSc3ccccc3)C2)c1. The van der Waals surface area contributed by atoms with Crippen molar-refractivity contribution in [2.75, 3.05) is 18.8 Å². The third kappa shape index (κ3) is 4.56. The quantitative estimate of drug-likeness (QED) is 0.811. The number of aliphatic hydroxyl groups excluding tert-OH is 1. The molecule has 0 spiro atoms. The van der Waals surface area contributed by atoms with Crippen molar-refractivity contribution >= 4 is 11.8 Å². The van der Waals surface area contributed by atoms with Gasteiger partial charge in [0.25, 0.3) is 0 Å². The molecular formula is C19H22FNOS. The van der Waals surface area contributed by atoms with Crippen molar-refractivity contribution < 1.29 is 9.50 Å². The van der Waals surface area contributed by atoms with Gasteiger partial charge in [-0.15, -0.1) is 11.8 Å². The molecule has 0 radical (unpaired) electrons. The summed E-state index contributed by atoms with van der Waals surface area (Å²) in [5, 5.41) is 9.20. The average molecular weight is 331 g/mol. The van der Waals surface area contributed by atoms with E-state index in [0.29, 0.717) is 18.0 Å². The summed E-state index contributed by atoms with van der Waals surface area (Å²) in [6.45, 7) is 2.63. The molecule has 0 aliphatic carbocycles. The highest BCUT2D eigenvalue weighted by Gasteiger charge is 2.23. The number of halogens is 1. The molecule has 2 aromatic carbocycles. The monoisotopic (exact) mass is 331 g/mol. The van der Waals surface area contributed by atoms with Crippen LogP contribution in [0.2, 0.25) is 0 Å². The minimum absolute atomic E-state index is 0.0381. The van der Waals surface area contributed by atoms with Gasteiger partial charge in [-0.2, -0.15) is 0 Å². The molecule has 1 unspecified atom stereocenters. The molecule has 0 saturated carbocycles. The fraction of sp³-hybridized carbons (Fsp3) is 0.368. The zero-order chi connectivity index (χ0) is 16.1. The van der Waals surface area contributed by atoms with Gasteiger partial charge in [-0.05, 0) is 48.7 Å².